The molecule has 0 radical (unpaired) electrons. The van der Waals surface area contributed by atoms with E-state index in [4.69, 9.17) is 4.74 Å². The standard InChI is InChI=1S/C20H26N2O/c1-2-23-20-10-8-17(9-11-20)14-21-19-12-13-22(16-19)15-18-6-4-3-5-7-18/h3-11,19,21H,2,12-16H2,1H3. The molecule has 0 amide bonds. The Kier molecular flexibility index (Phi) is 5.67. The number of benzene rings is 2. The van der Waals surface area contributed by atoms with E-state index in [1.807, 2.05) is 6.92 Å². The van der Waals surface area contributed by atoms with E-state index in [2.05, 4.69) is 64.8 Å². The monoisotopic (exact) mass is 310 g/mol. The number of rotatable bonds is 7. The highest BCUT2D eigenvalue weighted by Crippen LogP contribution is 2.15. The summed E-state index contributed by atoms with van der Waals surface area (Å²) in [6.07, 6.45) is 1.23. The van der Waals surface area contributed by atoms with Gasteiger partial charge in [0, 0.05) is 32.2 Å². The van der Waals surface area contributed by atoms with Crippen LogP contribution in [0.4, 0.5) is 0 Å². The molecule has 0 aliphatic carbocycles. The molecule has 2 aromatic carbocycles. The largest absolute Gasteiger partial charge is 0.494 e. The molecule has 1 fully saturated rings. The Morgan fingerprint density at radius 3 is 2.57 bits per heavy atom. The van der Waals surface area contributed by atoms with Crippen LogP contribution in [0.2, 0.25) is 0 Å². The number of nitrogens with zero attached hydrogens (tertiary/aromatic N) is 1. The van der Waals surface area contributed by atoms with E-state index < -0.39 is 0 Å². The van der Waals surface area contributed by atoms with Crippen LogP contribution in [-0.4, -0.2) is 30.6 Å². The lowest BCUT2D eigenvalue weighted by atomic mass is 10.2. The molecule has 1 heterocycles. The van der Waals surface area contributed by atoms with Crippen molar-refractivity contribution in [3.8, 4) is 5.75 Å². The fourth-order valence-electron chi connectivity index (χ4n) is 3.12. The van der Waals surface area contributed by atoms with Crippen LogP contribution in [0.5, 0.6) is 5.75 Å². The predicted molar refractivity (Wildman–Crippen MR) is 94.6 cm³/mol. The first-order valence-corrected chi connectivity index (χ1v) is 8.55. The first kappa shape index (κ1) is 16.0. The molecule has 1 atom stereocenters. The van der Waals surface area contributed by atoms with E-state index in [9.17, 15) is 0 Å². The number of nitrogens with one attached hydrogen (secondary N) is 1. The summed E-state index contributed by atoms with van der Waals surface area (Å²) in [5.41, 5.74) is 2.72. The van der Waals surface area contributed by atoms with Crippen LogP contribution >= 0.6 is 0 Å². The third-order valence-electron chi connectivity index (χ3n) is 4.35. The molecule has 3 nitrogen and oxygen atoms in total. The van der Waals surface area contributed by atoms with Gasteiger partial charge in [-0.2, -0.15) is 0 Å². The number of hydrogen-bond acceptors (Lipinski definition) is 3. The zero-order valence-corrected chi connectivity index (χ0v) is 13.9. The lowest BCUT2D eigenvalue weighted by Gasteiger charge is -2.17. The van der Waals surface area contributed by atoms with Gasteiger partial charge in [0.2, 0.25) is 0 Å². The molecule has 1 N–H and O–H groups in total. The topological polar surface area (TPSA) is 24.5 Å². The molecule has 0 aromatic heterocycles. The molecule has 1 saturated heterocycles. The van der Waals surface area contributed by atoms with E-state index >= 15 is 0 Å². The molecule has 23 heavy (non-hydrogen) atoms. The van der Waals surface area contributed by atoms with E-state index in [1.165, 1.54) is 24.1 Å². The van der Waals surface area contributed by atoms with Gasteiger partial charge >= 0.3 is 0 Å². The zero-order chi connectivity index (χ0) is 15.9. The van der Waals surface area contributed by atoms with Gasteiger partial charge in [-0.3, -0.25) is 4.90 Å². The average Bonchev–Trinajstić information content (AvgIpc) is 3.03. The summed E-state index contributed by atoms with van der Waals surface area (Å²) in [6, 6.07) is 19.7. The van der Waals surface area contributed by atoms with Crippen molar-refractivity contribution in [1.29, 1.82) is 0 Å². The Morgan fingerprint density at radius 1 is 1.04 bits per heavy atom. The van der Waals surface area contributed by atoms with Crippen molar-refractivity contribution in [2.75, 3.05) is 19.7 Å². The van der Waals surface area contributed by atoms with Crippen LogP contribution in [0.1, 0.15) is 24.5 Å². The maximum absolute atomic E-state index is 5.48. The van der Waals surface area contributed by atoms with Gasteiger partial charge in [-0.1, -0.05) is 42.5 Å². The second kappa shape index (κ2) is 8.14. The summed E-state index contributed by atoms with van der Waals surface area (Å²) in [6.45, 7) is 7.02. The highest BCUT2D eigenvalue weighted by molar-refractivity contribution is 5.27. The minimum atomic E-state index is 0.588. The molecule has 1 unspecified atom stereocenters. The van der Waals surface area contributed by atoms with Gasteiger partial charge in [0.25, 0.3) is 0 Å². The number of hydrogen-bond donors (Lipinski definition) is 1. The Labute approximate surface area is 139 Å². The molecule has 122 valence electrons. The molecular formula is C20H26N2O. The van der Waals surface area contributed by atoms with E-state index in [0.717, 1.165) is 32.0 Å². The van der Waals surface area contributed by atoms with Gasteiger partial charge in [0.05, 0.1) is 6.61 Å². The molecule has 1 aliphatic rings. The Bertz CT molecular complexity index is 582. The second-order valence-corrected chi connectivity index (χ2v) is 6.16. The summed E-state index contributed by atoms with van der Waals surface area (Å²) in [4.78, 5) is 2.53. The van der Waals surface area contributed by atoms with Crippen molar-refractivity contribution < 1.29 is 4.74 Å². The highest BCUT2D eigenvalue weighted by Gasteiger charge is 2.21. The van der Waals surface area contributed by atoms with Gasteiger partial charge in [-0.25, -0.2) is 0 Å². The van der Waals surface area contributed by atoms with Crippen LogP contribution in [-0.2, 0) is 13.1 Å². The van der Waals surface area contributed by atoms with Gasteiger partial charge < -0.3 is 10.1 Å². The average molecular weight is 310 g/mol. The minimum Gasteiger partial charge on any atom is -0.494 e. The first-order valence-electron chi connectivity index (χ1n) is 8.55. The predicted octanol–water partition coefficient (Wildman–Crippen LogP) is 3.45. The zero-order valence-electron chi connectivity index (χ0n) is 13.9. The molecular weight excluding hydrogens is 284 g/mol. The summed E-state index contributed by atoms with van der Waals surface area (Å²) >= 11 is 0. The second-order valence-electron chi connectivity index (χ2n) is 6.16. The molecule has 3 heteroatoms. The maximum Gasteiger partial charge on any atom is 0.119 e. The van der Waals surface area contributed by atoms with Crippen molar-refractivity contribution in [2.24, 2.45) is 0 Å². The molecule has 0 spiro atoms. The maximum atomic E-state index is 5.48. The Morgan fingerprint density at radius 2 is 1.83 bits per heavy atom. The molecule has 2 aromatic rings. The van der Waals surface area contributed by atoms with Crippen LogP contribution in [0, 0.1) is 0 Å². The fourth-order valence-corrected chi connectivity index (χ4v) is 3.12. The number of ether oxygens (including phenoxy) is 1. The van der Waals surface area contributed by atoms with Gasteiger partial charge in [-0.15, -0.1) is 0 Å². The van der Waals surface area contributed by atoms with Crippen molar-refractivity contribution >= 4 is 0 Å². The lowest BCUT2D eigenvalue weighted by Crippen LogP contribution is -2.31. The van der Waals surface area contributed by atoms with Crippen molar-refractivity contribution in [3.05, 3.63) is 65.7 Å². The van der Waals surface area contributed by atoms with Gasteiger partial charge in [-0.05, 0) is 36.6 Å². The van der Waals surface area contributed by atoms with E-state index in [-0.39, 0.29) is 0 Å². The van der Waals surface area contributed by atoms with E-state index in [0.29, 0.717) is 6.04 Å². The summed E-state index contributed by atoms with van der Waals surface area (Å²) in [5.74, 6) is 0.950. The quantitative estimate of drug-likeness (QED) is 0.848. The molecule has 1 aliphatic heterocycles. The Balaban J connectivity index is 1.43. The number of likely N-dealkylation sites (tertiary alicyclic amines) is 1. The molecule has 0 saturated carbocycles. The van der Waals surface area contributed by atoms with E-state index in [1.54, 1.807) is 0 Å². The minimum absolute atomic E-state index is 0.588. The summed E-state index contributed by atoms with van der Waals surface area (Å²) in [7, 11) is 0. The van der Waals surface area contributed by atoms with Gasteiger partial charge in [0.1, 0.15) is 5.75 Å². The van der Waals surface area contributed by atoms with Crippen molar-refractivity contribution in [2.45, 2.75) is 32.5 Å². The fraction of sp³-hybridized carbons (Fsp3) is 0.400. The van der Waals surface area contributed by atoms with Crippen LogP contribution in [0.15, 0.2) is 54.6 Å². The summed E-state index contributed by atoms with van der Waals surface area (Å²) in [5, 5.41) is 3.68. The first-order chi connectivity index (χ1) is 11.3. The normalized spacial score (nSPS) is 18.2. The van der Waals surface area contributed by atoms with Gasteiger partial charge in [0.15, 0.2) is 0 Å². The highest BCUT2D eigenvalue weighted by atomic mass is 16.5. The third-order valence-corrected chi connectivity index (χ3v) is 4.35. The lowest BCUT2D eigenvalue weighted by molar-refractivity contribution is 0.320. The smallest absolute Gasteiger partial charge is 0.119 e. The Hall–Kier alpha value is -1.84. The van der Waals surface area contributed by atoms with Crippen molar-refractivity contribution in [1.82, 2.24) is 10.2 Å². The van der Waals surface area contributed by atoms with Crippen LogP contribution in [0.25, 0.3) is 0 Å². The molecule has 3 rings (SSSR count). The third kappa shape index (κ3) is 4.81. The molecule has 0 bridgehead atoms. The SMILES string of the molecule is CCOc1ccc(CNC2CCN(Cc3ccccc3)C2)cc1. The van der Waals surface area contributed by atoms with Crippen LogP contribution in [0.3, 0.4) is 0 Å². The summed E-state index contributed by atoms with van der Waals surface area (Å²) < 4.78 is 5.48. The van der Waals surface area contributed by atoms with Crippen molar-refractivity contribution in [3.63, 3.8) is 0 Å². The van der Waals surface area contributed by atoms with Crippen LogP contribution < -0.4 is 10.1 Å².